The van der Waals surface area contributed by atoms with Crippen LogP contribution in [0.15, 0.2) is 12.1 Å². The summed E-state index contributed by atoms with van der Waals surface area (Å²) < 4.78 is 4.88. The summed E-state index contributed by atoms with van der Waals surface area (Å²) in [4.78, 5) is 15.7. The lowest BCUT2D eigenvalue weighted by atomic mass is 10.2. The van der Waals surface area contributed by atoms with Gasteiger partial charge in [0.05, 0.1) is 5.56 Å². The zero-order valence-corrected chi connectivity index (χ0v) is 10.2. The smallest absolute Gasteiger partial charge is 0.254 e. The standard InChI is InChI=1S/C11H15ClN2O2/c1-8-4-5-9(10(12)14-8)11(15)13-6-3-7-16-2/h4-5H,3,6-7H2,1-2H3,(H,13,15). The summed E-state index contributed by atoms with van der Waals surface area (Å²) in [6, 6.07) is 3.44. The molecule has 0 aromatic carbocycles. The van der Waals surface area contributed by atoms with Crippen LogP contribution in [-0.4, -0.2) is 31.2 Å². The number of halogens is 1. The van der Waals surface area contributed by atoms with E-state index in [1.807, 2.05) is 6.92 Å². The van der Waals surface area contributed by atoms with Crippen LogP contribution in [0.4, 0.5) is 0 Å². The average Bonchev–Trinajstić information content (AvgIpc) is 2.24. The van der Waals surface area contributed by atoms with E-state index in [0.717, 1.165) is 12.1 Å². The molecule has 0 saturated carbocycles. The van der Waals surface area contributed by atoms with Gasteiger partial charge in [0.1, 0.15) is 5.15 Å². The van der Waals surface area contributed by atoms with Crippen molar-refractivity contribution in [2.24, 2.45) is 0 Å². The van der Waals surface area contributed by atoms with Gasteiger partial charge in [0.25, 0.3) is 5.91 Å². The summed E-state index contributed by atoms with van der Waals surface area (Å²) >= 11 is 5.87. The molecule has 4 nitrogen and oxygen atoms in total. The number of hydrogen-bond donors (Lipinski definition) is 1. The number of aromatic nitrogens is 1. The van der Waals surface area contributed by atoms with Crippen LogP contribution in [0.25, 0.3) is 0 Å². The van der Waals surface area contributed by atoms with E-state index in [2.05, 4.69) is 10.3 Å². The van der Waals surface area contributed by atoms with Crippen molar-refractivity contribution in [1.82, 2.24) is 10.3 Å². The first kappa shape index (κ1) is 12.9. The molecule has 1 heterocycles. The fraction of sp³-hybridized carbons (Fsp3) is 0.455. The van der Waals surface area contributed by atoms with Crippen molar-refractivity contribution in [3.63, 3.8) is 0 Å². The van der Waals surface area contributed by atoms with Gasteiger partial charge in [-0.1, -0.05) is 11.6 Å². The minimum Gasteiger partial charge on any atom is -0.385 e. The van der Waals surface area contributed by atoms with E-state index in [9.17, 15) is 4.79 Å². The molecule has 1 aromatic heterocycles. The predicted molar refractivity (Wildman–Crippen MR) is 62.8 cm³/mol. The van der Waals surface area contributed by atoms with Gasteiger partial charge in [-0.25, -0.2) is 4.98 Å². The van der Waals surface area contributed by atoms with Crippen LogP contribution in [0.2, 0.25) is 5.15 Å². The van der Waals surface area contributed by atoms with Crippen LogP contribution in [0.1, 0.15) is 22.5 Å². The van der Waals surface area contributed by atoms with Gasteiger partial charge in [0, 0.05) is 26.0 Å². The largest absolute Gasteiger partial charge is 0.385 e. The third-order valence-electron chi connectivity index (χ3n) is 2.04. The Balaban J connectivity index is 2.53. The number of pyridine rings is 1. The van der Waals surface area contributed by atoms with Crippen molar-refractivity contribution in [2.75, 3.05) is 20.3 Å². The van der Waals surface area contributed by atoms with Gasteiger partial charge in [0.2, 0.25) is 0 Å². The van der Waals surface area contributed by atoms with Crippen molar-refractivity contribution < 1.29 is 9.53 Å². The highest BCUT2D eigenvalue weighted by Gasteiger charge is 2.10. The predicted octanol–water partition coefficient (Wildman–Crippen LogP) is 1.81. The summed E-state index contributed by atoms with van der Waals surface area (Å²) in [7, 11) is 1.63. The first-order valence-electron chi connectivity index (χ1n) is 5.05. The molecule has 1 aromatic rings. The van der Waals surface area contributed by atoms with E-state index >= 15 is 0 Å². The van der Waals surface area contributed by atoms with Crippen LogP contribution >= 0.6 is 11.6 Å². The van der Waals surface area contributed by atoms with Crippen LogP contribution in [0.3, 0.4) is 0 Å². The van der Waals surface area contributed by atoms with Gasteiger partial charge in [-0.2, -0.15) is 0 Å². The van der Waals surface area contributed by atoms with Crippen LogP contribution in [0.5, 0.6) is 0 Å². The van der Waals surface area contributed by atoms with Gasteiger partial charge < -0.3 is 10.1 Å². The molecule has 5 heteroatoms. The van der Waals surface area contributed by atoms with E-state index < -0.39 is 0 Å². The molecule has 0 spiro atoms. The lowest BCUT2D eigenvalue weighted by molar-refractivity contribution is 0.0948. The Labute approximate surface area is 100.0 Å². The summed E-state index contributed by atoms with van der Waals surface area (Å²) in [5.41, 5.74) is 1.20. The van der Waals surface area contributed by atoms with Gasteiger partial charge in [-0.15, -0.1) is 0 Å². The Kier molecular flexibility index (Phi) is 5.22. The van der Waals surface area contributed by atoms with Gasteiger partial charge in [0.15, 0.2) is 0 Å². The van der Waals surface area contributed by atoms with E-state index in [1.54, 1.807) is 19.2 Å². The Morgan fingerprint density at radius 3 is 2.94 bits per heavy atom. The topological polar surface area (TPSA) is 51.2 Å². The number of carbonyl (C=O) groups is 1. The maximum atomic E-state index is 11.7. The molecule has 0 atom stereocenters. The lowest BCUT2D eigenvalue weighted by Crippen LogP contribution is -2.25. The molecule has 0 aliphatic carbocycles. The molecule has 1 rings (SSSR count). The number of carbonyl (C=O) groups excluding carboxylic acids is 1. The molecule has 1 N–H and O–H groups in total. The van der Waals surface area contributed by atoms with Gasteiger partial charge >= 0.3 is 0 Å². The minimum absolute atomic E-state index is 0.200. The Hall–Kier alpha value is -1.13. The third-order valence-corrected chi connectivity index (χ3v) is 2.33. The number of methoxy groups -OCH3 is 1. The maximum absolute atomic E-state index is 11.7. The van der Waals surface area contributed by atoms with Crippen LogP contribution in [-0.2, 0) is 4.74 Å². The maximum Gasteiger partial charge on any atom is 0.254 e. The van der Waals surface area contributed by atoms with Gasteiger partial charge in [-0.05, 0) is 25.5 Å². The number of nitrogens with zero attached hydrogens (tertiary/aromatic N) is 1. The number of hydrogen-bond acceptors (Lipinski definition) is 3. The molecule has 16 heavy (non-hydrogen) atoms. The number of ether oxygens (including phenoxy) is 1. The Bertz CT molecular complexity index is 369. The third kappa shape index (κ3) is 3.79. The molecule has 0 aliphatic heterocycles. The van der Waals surface area contributed by atoms with Crippen molar-refractivity contribution in [3.05, 3.63) is 28.5 Å². The summed E-state index contributed by atoms with van der Waals surface area (Å²) in [6.07, 6.45) is 0.777. The van der Waals surface area contributed by atoms with E-state index in [4.69, 9.17) is 16.3 Å². The molecule has 88 valence electrons. The number of nitrogens with one attached hydrogen (secondary N) is 1. The fourth-order valence-corrected chi connectivity index (χ4v) is 1.49. The second kappa shape index (κ2) is 6.45. The molecule has 1 amide bonds. The van der Waals surface area contributed by atoms with E-state index in [1.165, 1.54) is 0 Å². The second-order valence-electron chi connectivity index (χ2n) is 3.39. The van der Waals surface area contributed by atoms with Crippen LogP contribution < -0.4 is 5.32 Å². The van der Waals surface area contributed by atoms with Crippen molar-refractivity contribution >= 4 is 17.5 Å². The molecule has 0 radical (unpaired) electrons. The monoisotopic (exact) mass is 242 g/mol. The number of amides is 1. The van der Waals surface area contributed by atoms with Gasteiger partial charge in [-0.3, -0.25) is 4.79 Å². The molecule has 0 unspecified atom stereocenters. The number of rotatable bonds is 5. The van der Waals surface area contributed by atoms with Crippen molar-refractivity contribution in [3.8, 4) is 0 Å². The van der Waals surface area contributed by atoms with E-state index in [0.29, 0.717) is 18.7 Å². The molecule has 0 saturated heterocycles. The lowest BCUT2D eigenvalue weighted by Gasteiger charge is -2.06. The molecular weight excluding hydrogens is 228 g/mol. The Morgan fingerprint density at radius 1 is 1.56 bits per heavy atom. The Morgan fingerprint density at radius 2 is 2.31 bits per heavy atom. The highest BCUT2D eigenvalue weighted by molar-refractivity contribution is 6.32. The number of aryl methyl sites for hydroxylation is 1. The molecule has 0 bridgehead atoms. The van der Waals surface area contributed by atoms with Crippen molar-refractivity contribution in [2.45, 2.75) is 13.3 Å². The highest BCUT2D eigenvalue weighted by Crippen LogP contribution is 2.13. The van der Waals surface area contributed by atoms with E-state index in [-0.39, 0.29) is 11.1 Å². The van der Waals surface area contributed by atoms with Crippen molar-refractivity contribution in [1.29, 1.82) is 0 Å². The molecular formula is C11H15ClN2O2. The minimum atomic E-state index is -0.200. The fourth-order valence-electron chi connectivity index (χ4n) is 1.21. The normalized spacial score (nSPS) is 10.2. The average molecular weight is 243 g/mol. The SMILES string of the molecule is COCCCNC(=O)c1ccc(C)nc1Cl. The second-order valence-corrected chi connectivity index (χ2v) is 3.75. The summed E-state index contributed by atoms with van der Waals surface area (Å²) in [5, 5.41) is 2.99. The zero-order valence-electron chi connectivity index (χ0n) is 9.42. The summed E-state index contributed by atoms with van der Waals surface area (Å²) in [6.45, 7) is 3.02. The first-order chi connectivity index (χ1) is 7.65. The highest BCUT2D eigenvalue weighted by atomic mass is 35.5. The molecule has 0 fully saturated rings. The quantitative estimate of drug-likeness (QED) is 0.633. The zero-order chi connectivity index (χ0) is 12.0. The summed E-state index contributed by atoms with van der Waals surface area (Å²) in [5.74, 6) is -0.200. The first-order valence-corrected chi connectivity index (χ1v) is 5.43. The molecule has 0 aliphatic rings. The van der Waals surface area contributed by atoms with Crippen LogP contribution in [0, 0.1) is 6.92 Å².